The van der Waals surface area contributed by atoms with Crippen molar-refractivity contribution in [2.75, 3.05) is 54.4 Å². The normalized spacial score (nSPS) is 13.2. The van der Waals surface area contributed by atoms with E-state index in [1.165, 1.54) is 0 Å². The molecule has 0 aliphatic heterocycles. The largest absolute Gasteiger partial charge is 0.392 e. The summed E-state index contributed by atoms with van der Waals surface area (Å²) in [4.78, 5) is 16.8. The molecular weight excluding hydrogens is 218 g/mol. The van der Waals surface area contributed by atoms with E-state index in [4.69, 9.17) is 0 Å². The van der Waals surface area contributed by atoms with Gasteiger partial charge in [-0.1, -0.05) is 0 Å². The van der Waals surface area contributed by atoms with Crippen molar-refractivity contribution in [3.05, 3.63) is 0 Å². The van der Waals surface area contributed by atoms with Crippen molar-refractivity contribution in [3.63, 3.8) is 0 Å². The first-order chi connectivity index (χ1) is 7.82. The van der Waals surface area contributed by atoms with Gasteiger partial charge < -0.3 is 19.8 Å². The van der Waals surface area contributed by atoms with Crippen molar-refractivity contribution in [3.8, 4) is 0 Å². The highest BCUT2D eigenvalue weighted by molar-refractivity contribution is 5.72. The molecule has 1 atom stereocenters. The maximum Gasteiger partial charge on any atom is 0.219 e. The van der Waals surface area contributed by atoms with Crippen molar-refractivity contribution in [2.24, 2.45) is 0 Å². The van der Waals surface area contributed by atoms with Crippen LogP contribution in [-0.2, 0) is 4.79 Å². The Morgan fingerprint density at radius 3 is 2.18 bits per heavy atom. The Kier molecular flexibility index (Phi) is 8.12. The van der Waals surface area contributed by atoms with Crippen LogP contribution >= 0.6 is 0 Å². The van der Waals surface area contributed by atoms with Gasteiger partial charge in [-0.05, 0) is 27.6 Å². The van der Waals surface area contributed by atoms with Crippen LogP contribution in [-0.4, -0.2) is 86.2 Å². The fourth-order valence-corrected chi connectivity index (χ4v) is 1.43. The van der Waals surface area contributed by atoms with Gasteiger partial charge in [0.25, 0.3) is 0 Å². The minimum absolute atomic E-state index is 0.0755. The second kappa shape index (κ2) is 8.44. The number of hydrogen-bond acceptors (Lipinski definition) is 4. The highest BCUT2D eigenvalue weighted by atomic mass is 16.3. The van der Waals surface area contributed by atoms with E-state index in [0.717, 1.165) is 19.5 Å². The fraction of sp³-hybridized carbons (Fsp3) is 0.917. The lowest BCUT2D eigenvalue weighted by molar-refractivity contribution is -0.127. The van der Waals surface area contributed by atoms with Crippen LogP contribution in [0.15, 0.2) is 0 Å². The van der Waals surface area contributed by atoms with Crippen LogP contribution in [0.4, 0.5) is 0 Å². The third kappa shape index (κ3) is 9.09. The Labute approximate surface area is 105 Å². The van der Waals surface area contributed by atoms with Gasteiger partial charge in [-0.2, -0.15) is 0 Å². The summed E-state index contributed by atoms with van der Waals surface area (Å²) in [6, 6.07) is 0. The number of likely N-dealkylation sites (N-methyl/N-ethyl adjacent to an activating group) is 2. The van der Waals surface area contributed by atoms with E-state index < -0.39 is 0 Å². The molecule has 1 unspecified atom stereocenters. The van der Waals surface area contributed by atoms with Gasteiger partial charge >= 0.3 is 0 Å². The molecular formula is C12H27N3O2. The van der Waals surface area contributed by atoms with Gasteiger partial charge in [-0.3, -0.25) is 4.79 Å². The van der Waals surface area contributed by atoms with Crippen LogP contribution in [0.3, 0.4) is 0 Å². The van der Waals surface area contributed by atoms with Gasteiger partial charge in [0.1, 0.15) is 0 Å². The predicted octanol–water partition coefficient (Wildman–Crippen LogP) is -0.291. The predicted molar refractivity (Wildman–Crippen MR) is 70.0 cm³/mol. The van der Waals surface area contributed by atoms with Crippen molar-refractivity contribution in [1.29, 1.82) is 0 Å². The molecule has 17 heavy (non-hydrogen) atoms. The molecule has 0 spiro atoms. The zero-order valence-corrected chi connectivity index (χ0v) is 11.8. The number of aliphatic hydroxyl groups excluding tert-OH is 1. The van der Waals surface area contributed by atoms with Crippen LogP contribution in [0, 0.1) is 0 Å². The molecule has 102 valence electrons. The molecule has 0 aliphatic carbocycles. The Morgan fingerprint density at radius 2 is 1.71 bits per heavy atom. The summed E-state index contributed by atoms with van der Waals surface area (Å²) in [5.74, 6) is 0.0755. The topological polar surface area (TPSA) is 47.0 Å². The molecule has 0 heterocycles. The first-order valence-corrected chi connectivity index (χ1v) is 6.06. The van der Waals surface area contributed by atoms with Crippen molar-refractivity contribution in [1.82, 2.24) is 14.7 Å². The zero-order chi connectivity index (χ0) is 13.4. The van der Waals surface area contributed by atoms with E-state index >= 15 is 0 Å². The van der Waals surface area contributed by atoms with E-state index in [0.29, 0.717) is 13.1 Å². The minimum Gasteiger partial charge on any atom is -0.392 e. The molecule has 0 aromatic rings. The van der Waals surface area contributed by atoms with Gasteiger partial charge in [0.2, 0.25) is 5.91 Å². The maximum absolute atomic E-state index is 11.0. The molecule has 1 amide bonds. The van der Waals surface area contributed by atoms with Crippen LogP contribution in [0.5, 0.6) is 0 Å². The molecule has 5 nitrogen and oxygen atoms in total. The third-order valence-corrected chi connectivity index (χ3v) is 2.79. The van der Waals surface area contributed by atoms with Crippen LogP contribution < -0.4 is 0 Å². The van der Waals surface area contributed by atoms with Gasteiger partial charge in [-0.15, -0.1) is 0 Å². The highest BCUT2D eigenvalue weighted by Gasteiger charge is 2.10. The van der Waals surface area contributed by atoms with Crippen molar-refractivity contribution in [2.45, 2.75) is 19.4 Å². The van der Waals surface area contributed by atoms with E-state index in [9.17, 15) is 9.90 Å². The monoisotopic (exact) mass is 245 g/mol. The molecule has 5 heteroatoms. The SMILES string of the molecule is CC(=O)N(C)CCN(C)CC(O)CCN(C)C. The van der Waals surface area contributed by atoms with Crippen LogP contribution in [0.1, 0.15) is 13.3 Å². The smallest absolute Gasteiger partial charge is 0.219 e. The average Bonchev–Trinajstić information content (AvgIpc) is 2.22. The minimum atomic E-state index is -0.301. The molecule has 0 bridgehead atoms. The summed E-state index contributed by atoms with van der Waals surface area (Å²) in [7, 11) is 7.75. The lowest BCUT2D eigenvalue weighted by Gasteiger charge is -2.24. The summed E-state index contributed by atoms with van der Waals surface area (Å²) >= 11 is 0. The molecule has 0 fully saturated rings. The number of carbonyl (C=O) groups is 1. The molecule has 0 saturated heterocycles. The second-order valence-electron chi connectivity index (χ2n) is 4.95. The lowest BCUT2D eigenvalue weighted by atomic mass is 10.2. The number of amides is 1. The number of hydrogen-bond donors (Lipinski definition) is 1. The van der Waals surface area contributed by atoms with Gasteiger partial charge in [0, 0.05) is 40.2 Å². The number of aliphatic hydroxyl groups is 1. The molecule has 0 radical (unpaired) electrons. The summed E-state index contributed by atoms with van der Waals surface area (Å²) in [5, 5.41) is 9.79. The number of nitrogens with zero attached hydrogens (tertiary/aromatic N) is 3. The summed E-state index contributed by atoms with van der Waals surface area (Å²) in [6.45, 7) is 4.59. The van der Waals surface area contributed by atoms with E-state index in [-0.39, 0.29) is 12.0 Å². The Bertz CT molecular complexity index is 222. The molecule has 1 N–H and O–H groups in total. The summed E-state index contributed by atoms with van der Waals surface area (Å²) < 4.78 is 0. The average molecular weight is 245 g/mol. The molecule has 0 rings (SSSR count). The Balaban J connectivity index is 3.70. The molecule has 0 aromatic heterocycles. The van der Waals surface area contributed by atoms with Crippen LogP contribution in [0.25, 0.3) is 0 Å². The standard InChI is InChI=1S/C12H27N3O2/c1-11(16)15(5)9-8-14(4)10-12(17)6-7-13(2)3/h12,17H,6-10H2,1-5H3. The molecule has 0 aliphatic rings. The summed E-state index contributed by atoms with van der Waals surface area (Å²) in [6.07, 6.45) is 0.477. The van der Waals surface area contributed by atoms with Crippen LogP contribution in [0.2, 0.25) is 0 Å². The van der Waals surface area contributed by atoms with Crippen molar-refractivity contribution < 1.29 is 9.90 Å². The zero-order valence-electron chi connectivity index (χ0n) is 11.8. The summed E-state index contributed by atoms with van der Waals surface area (Å²) in [5.41, 5.74) is 0. The first kappa shape index (κ1) is 16.4. The second-order valence-corrected chi connectivity index (χ2v) is 4.95. The highest BCUT2D eigenvalue weighted by Crippen LogP contribution is 1.97. The van der Waals surface area contributed by atoms with E-state index in [2.05, 4.69) is 9.80 Å². The lowest BCUT2D eigenvalue weighted by Crippen LogP contribution is -2.37. The van der Waals surface area contributed by atoms with Gasteiger partial charge in [-0.25, -0.2) is 0 Å². The fourth-order valence-electron chi connectivity index (χ4n) is 1.43. The quantitative estimate of drug-likeness (QED) is 0.638. The Morgan fingerprint density at radius 1 is 1.12 bits per heavy atom. The number of rotatable bonds is 8. The Hall–Kier alpha value is -0.650. The van der Waals surface area contributed by atoms with Crippen molar-refractivity contribution >= 4 is 5.91 Å². The van der Waals surface area contributed by atoms with Gasteiger partial charge in [0.15, 0.2) is 0 Å². The number of carbonyl (C=O) groups excluding carboxylic acids is 1. The molecule has 0 aromatic carbocycles. The molecule has 0 saturated carbocycles. The third-order valence-electron chi connectivity index (χ3n) is 2.79. The van der Waals surface area contributed by atoms with Gasteiger partial charge in [0.05, 0.1) is 6.10 Å². The van der Waals surface area contributed by atoms with E-state index in [1.54, 1.807) is 18.9 Å². The van der Waals surface area contributed by atoms with E-state index in [1.807, 2.05) is 21.1 Å². The maximum atomic E-state index is 11.0. The first-order valence-electron chi connectivity index (χ1n) is 6.06.